The molecule has 2 saturated heterocycles. The van der Waals surface area contributed by atoms with E-state index in [9.17, 15) is 0 Å². The normalized spacial score (nSPS) is 31.4. The van der Waals surface area contributed by atoms with Crippen molar-refractivity contribution >= 4 is 27.2 Å². The van der Waals surface area contributed by atoms with Gasteiger partial charge in [-0.15, -0.1) is 0 Å². The SMILES string of the molecule is CC12[C@H]3c4cccc5cccc(c45)[C@H]3N([C@H]3c4cccc5cccc(c45)[C@@H]31)N2c1ccccc1. The number of hydrogen-bond acceptors (Lipinski definition) is 2. The molecule has 2 aliphatic carbocycles. The van der Waals surface area contributed by atoms with Crippen molar-refractivity contribution in [3.05, 3.63) is 125 Å². The molecule has 2 heteroatoms. The molecular formula is C32H24N2. The number of benzene rings is 5. The molecule has 5 aromatic rings. The van der Waals surface area contributed by atoms with Crippen LogP contribution < -0.4 is 5.01 Å². The fourth-order valence-electron chi connectivity index (χ4n) is 8.48. The van der Waals surface area contributed by atoms with Crippen molar-refractivity contribution in [1.29, 1.82) is 0 Å². The average molecular weight is 437 g/mol. The molecule has 0 N–H and O–H groups in total. The Hall–Kier alpha value is -3.62. The highest BCUT2D eigenvalue weighted by molar-refractivity contribution is 5.96. The van der Waals surface area contributed by atoms with E-state index in [-0.39, 0.29) is 5.54 Å². The molecule has 5 aromatic carbocycles. The molecule has 9 rings (SSSR count). The minimum Gasteiger partial charge on any atom is -0.297 e. The van der Waals surface area contributed by atoms with Crippen LogP contribution in [0.2, 0.25) is 0 Å². The molecular weight excluding hydrogens is 412 g/mol. The fraction of sp³-hybridized carbons (Fsp3) is 0.188. The first kappa shape index (κ1) is 17.8. The lowest BCUT2D eigenvalue weighted by atomic mass is 9.66. The molecule has 0 spiro atoms. The molecule has 34 heavy (non-hydrogen) atoms. The zero-order valence-corrected chi connectivity index (χ0v) is 19.0. The summed E-state index contributed by atoms with van der Waals surface area (Å²) >= 11 is 0. The first-order valence-corrected chi connectivity index (χ1v) is 12.4. The first-order chi connectivity index (χ1) is 16.8. The summed E-state index contributed by atoms with van der Waals surface area (Å²) in [6.45, 7) is 2.55. The van der Waals surface area contributed by atoms with Crippen molar-refractivity contribution in [2.24, 2.45) is 0 Å². The summed E-state index contributed by atoms with van der Waals surface area (Å²) in [7, 11) is 0. The predicted octanol–water partition coefficient (Wildman–Crippen LogP) is 7.48. The summed E-state index contributed by atoms with van der Waals surface area (Å²) in [5.74, 6) is 0.860. The van der Waals surface area contributed by atoms with E-state index in [0.29, 0.717) is 23.9 Å². The Balaban J connectivity index is 1.40. The third-order valence-electron chi connectivity index (χ3n) is 9.39. The lowest BCUT2D eigenvalue weighted by Crippen LogP contribution is -2.46. The van der Waals surface area contributed by atoms with Crippen LogP contribution in [-0.4, -0.2) is 10.5 Å². The van der Waals surface area contributed by atoms with Crippen LogP contribution >= 0.6 is 0 Å². The van der Waals surface area contributed by atoms with E-state index in [2.05, 4.69) is 120 Å². The van der Waals surface area contributed by atoms with Gasteiger partial charge in [0.15, 0.2) is 0 Å². The van der Waals surface area contributed by atoms with Gasteiger partial charge in [0.25, 0.3) is 0 Å². The number of rotatable bonds is 1. The lowest BCUT2D eigenvalue weighted by Gasteiger charge is -2.41. The van der Waals surface area contributed by atoms with Gasteiger partial charge in [0.1, 0.15) is 0 Å². The highest BCUT2D eigenvalue weighted by Gasteiger charge is 2.72. The van der Waals surface area contributed by atoms with E-state index in [1.165, 1.54) is 49.5 Å². The van der Waals surface area contributed by atoms with Gasteiger partial charge in [0, 0.05) is 11.8 Å². The Morgan fingerprint density at radius 3 is 1.50 bits per heavy atom. The van der Waals surface area contributed by atoms with Gasteiger partial charge in [-0.1, -0.05) is 91.0 Å². The highest BCUT2D eigenvalue weighted by atomic mass is 15.7. The molecule has 4 aliphatic rings. The summed E-state index contributed by atoms with van der Waals surface area (Å²) < 4.78 is 0. The number of hydrazine groups is 1. The van der Waals surface area contributed by atoms with Crippen molar-refractivity contribution < 1.29 is 0 Å². The van der Waals surface area contributed by atoms with E-state index in [1.54, 1.807) is 0 Å². The van der Waals surface area contributed by atoms with Gasteiger partial charge in [-0.3, -0.25) is 5.01 Å². The summed E-state index contributed by atoms with van der Waals surface area (Å²) in [6.07, 6.45) is 0. The lowest BCUT2D eigenvalue weighted by molar-refractivity contribution is 0.151. The van der Waals surface area contributed by atoms with E-state index < -0.39 is 0 Å². The summed E-state index contributed by atoms with van der Waals surface area (Å²) in [5.41, 5.74) is 7.32. The van der Waals surface area contributed by atoms with E-state index >= 15 is 0 Å². The van der Waals surface area contributed by atoms with E-state index in [4.69, 9.17) is 0 Å². The number of anilines is 1. The Kier molecular flexibility index (Phi) is 2.99. The van der Waals surface area contributed by atoms with Crippen molar-refractivity contribution in [1.82, 2.24) is 5.01 Å². The van der Waals surface area contributed by atoms with Crippen LogP contribution in [0.1, 0.15) is 53.1 Å². The number of fused-ring (bicyclic) bond motifs is 12. The number of para-hydroxylation sites is 1. The van der Waals surface area contributed by atoms with Gasteiger partial charge in [-0.2, -0.15) is 0 Å². The van der Waals surface area contributed by atoms with Crippen molar-refractivity contribution in [3.63, 3.8) is 0 Å². The van der Waals surface area contributed by atoms with Gasteiger partial charge in [-0.05, 0) is 62.9 Å². The van der Waals surface area contributed by atoms with Crippen molar-refractivity contribution in [2.45, 2.75) is 36.4 Å². The average Bonchev–Trinajstić information content (AvgIpc) is 3.56. The molecule has 0 aromatic heterocycles. The first-order valence-electron chi connectivity index (χ1n) is 12.4. The van der Waals surface area contributed by atoms with Gasteiger partial charge in [-0.25, -0.2) is 5.01 Å². The van der Waals surface area contributed by atoms with E-state index in [0.717, 1.165) is 0 Å². The van der Waals surface area contributed by atoms with Gasteiger partial charge in [0.2, 0.25) is 0 Å². The van der Waals surface area contributed by atoms with E-state index in [1.807, 2.05) is 0 Å². The topological polar surface area (TPSA) is 6.48 Å². The second-order valence-corrected chi connectivity index (χ2v) is 10.7. The smallest absolute Gasteiger partial charge is 0.0713 e. The molecule has 2 bridgehead atoms. The second-order valence-electron chi connectivity index (χ2n) is 10.7. The van der Waals surface area contributed by atoms with Crippen LogP contribution in [-0.2, 0) is 0 Å². The summed E-state index contributed by atoms with van der Waals surface area (Å²) in [5, 5.41) is 11.2. The molecule has 2 fully saturated rings. The van der Waals surface area contributed by atoms with Crippen LogP contribution in [0.4, 0.5) is 5.69 Å². The van der Waals surface area contributed by atoms with Gasteiger partial charge < -0.3 is 0 Å². The molecule has 2 unspecified atom stereocenters. The molecule has 0 saturated carbocycles. The number of nitrogens with zero attached hydrogens (tertiary/aromatic N) is 2. The van der Waals surface area contributed by atoms with Gasteiger partial charge in [0.05, 0.1) is 23.3 Å². The maximum Gasteiger partial charge on any atom is 0.0713 e. The maximum atomic E-state index is 2.79. The minimum atomic E-state index is -0.0582. The fourth-order valence-corrected chi connectivity index (χ4v) is 8.48. The maximum absolute atomic E-state index is 2.79. The monoisotopic (exact) mass is 436 g/mol. The molecule has 2 aliphatic heterocycles. The zero-order valence-electron chi connectivity index (χ0n) is 19.0. The number of hydrogen-bond donors (Lipinski definition) is 0. The highest BCUT2D eigenvalue weighted by Crippen LogP contribution is 2.75. The van der Waals surface area contributed by atoms with Crippen LogP contribution in [0, 0.1) is 0 Å². The van der Waals surface area contributed by atoms with Crippen molar-refractivity contribution in [3.8, 4) is 0 Å². The van der Waals surface area contributed by atoms with Crippen LogP contribution in [0.3, 0.4) is 0 Å². The van der Waals surface area contributed by atoms with Crippen LogP contribution in [0.15, 0.2) is 103 Å². The third kappa shape index (κ3) is 1.75. The summed E-state index contributed by atoms with van der Waals surface area (Å²) in [4.78, 5) is 0. The largest absolute Gasteiger partial charge is 0.297 e. The second kappa shape index (κ2) is 5.71. The number of piperidine rings is 1. The quantitative estimate of drug-likeness (QED) is 0.269. The standard InChI is InChI=1S/C32H24N2/c1-32-28-22-15-5-9-19-11-7-17-24(26(19)22)30(28)33(34(32)21-13-3-2-4-14-21)31-25-18-8-12-20-10-6-16-23(27(20)25)29(31)32/h2-18,28-31H,1H3/t28-,29-,30-,31+,32?/m0/s1. The molecule has 162 valence electrons. The molecule has 2 heterocycles. The molecule has 2 nitrogen and oxygen atoms in total. The molecule has 0 amide bonds. The van der Waals surface area contributed by atoms with Crippen LogP contribution in [0.25, 0.3) is 21.5 Å². The van der Waals surface area contributed by atoms with Gasteiger partial charge >= 0.3 is 0 Å². The Morgan fingerprint density at radius 2 is 1.00 bits per heavy atom. The van der Waals surface area contributed by atoms with Crippen LogP contribution in [0.5, 0.6) is 0 Å². The zero-order chi connectivity index (χ0) is 22.2. The third-order valence-corrected chi connectivity index (χ3v) is 9.39. The molecule has 0 radical (unpaired) electrons. The minimum absolute atomic E-state index is 0.0582. The Bertz CT molecular complexity index is 1560. The van der Waals surface area contributed by atoms with Crippen molar-refractivity contribution in [2.75, 3.05) is 5.01 Å². The predicted molar refractivity (Wildman–Crippen MR) is 138 cm³/mol. The molecule has 6 atom stereocenters. The Labute approximate surface area is 199 Å². The Morgan fingerprint density at radius 1 is 0.529 bits per heavy atom. The summed E-state index contributed by atoms with van der Waals surface area (Å²) in [6, 6.07) is 39.6.